The normalized spacial score (nSPS) is 11.4. The maximum atomic E-state index is 10.9. The number of hydrogen-bond acceptors (Lipinski definition) is 2. The predicted octanol–water partition coefficient (Wildman–Crippen LogP) is 2.63. The second-order valence-corrected chi connectivity index (χ2v) is 2.67. The Bertz CT molecular complexity index is 152. The van der Waals surface area contributed by atoms with E-state index in [1.54, 1.807) is 6.92 Å². The Labute approximate surface area is 75.7 Å². The second-order valence-electron chi connectivity index (χ2n) is 2.22. The molecular weight excluding hydrogens is 208 g/mol. The van der Waals surface area contributed by atoms with E-state index in [4.69, 9.17) is 4.74 Å². The summed E-state index contributed by atoms with van der Waals surface area (Å²) in [5.74, 6) is -0.240. The average molecular weight is 221 g/mol. The average Bonchev–Trinajstić information content (AvgIpc) is 2.00. The fourth-order valence-corrected chi connectivity index (χ4v) is 0.815. The molecule has 0 aromatic heterocycles. The van der Waals surface area contributed by atoms with Crippen LogP contribution in [-0.2, 0) is 9.53 Å². The Morgan fingerprint density at radius 2 is 2.27 bits per heavy atom. The zero-order valence-corrected chi connectivity index (χ0v) is 8.48. The second kappa shape index (κ2) is 6.40. The van der Waals surface area contributed by atoms with Gasteiger partial charge in [-0.1, -0.05) is 19.4 Å². The minimum atomic E-state index is -0.240. The lowest BCUT2D eigenvalue weighted by molar-refractivity contribution is -0.136. The van der Waals surface area contributed by atoms with E-state index >= 15 is 0 Å². The summed E-state index contributed by atoms with van der Waals surface area (Å²) in [6.45, 7) is 3.83. The van der Waals surface area contributed by atoms with E-state index in [0.29, 0.717) is 5.57 Å². The lowest BCUT2D eigenvalue weighted by atomic mass is 10.2. The van der Waals surface area contributed by atoms with Crippen molar-refractivity contribution in [2.45, 2.75) is 26.7 Å². The van der Waals surface area contributed by atoms with E-state index in [1.807, 2.05) is 6.08 Å². The van der Waals surface area contributed by atoms with Gasteiger partial charge in [0.1, 0.15) is 5.52 Å². The third-order valence-electron chi connectivity index (χ3n) is 1.25. The highest BCUT2D eigenvalue weighted by atomic mass is 79.9. The number of rotatable bonds is 4. The minimum Gasteiger partial charge on any atom is -0.451 e. The Morgan fingerprint density at radius 1 is 1.64 bits per heavy atom. The van der Waals surface area contributed by atoms with Crippen molar-refractivity contribution in [2.75, 3.05) is 5.52 Å². The molecule has 0 aliphatic carbocycles. The highest BCUT2D eigenvalue weighted by Gasteiger charge is 2.02. The highest BCUT2D eigenvalue weighted by Crippen LogP contribution is 2.01. The fraction of sp³-hybridized carbons (Fsp3) is 0.625. The Hall–Kier alpha value is -0.310. The molecule has 0 aromatic carbocycles. The van der Waals surface area contributed by atoms with Crippen molar-refractivity contribution < 1.29 is 9.53 Å². The molecule has 0 saturated heterocycles. The number of alkyl halides is 1. The van der Waals surface area contributed by atoms with Gasteiger partial charge in [-0.3, -0.25) is 0 Å². The van der Waals surface area contributed by atoms with Gasteiger partial charge in [-0.05, 0) is 29.3 Å². The van der Waals surface area contributed by atoms with Crippen LogP contribution in [-0.4, -0.2) is 11.5 Å². The summed E-state index contributed by atoms with van der Waals surface area (Å²) in [6.07, 6.45) is 3.88. The van der Waals surface area contributed by atoms with Crippen LogP contribution >= 0.6 is 15.9 Å². The third kappa shape index (κ3) is 5.01. The van der Waals surface area contributed by atoms with Gasteiger partial charge in [0.25, 0.3) is 0 Å². The van der Waals surface area contributed by atoms with Crippen molar-refractivity contribution >= 4 is 21.9 Å². The Morgan fingerprint density at radius 3 is 2.73 bits per heavy atom. The molecule has 2 nitrogen and oxygen atoms in total. The molecule has 0 amide bonds. The first-order valence-electron chi connectivity index (χ1n) is 3.62. The van der Waals surface area contributed by atoms with Crippen LogP contribution in [0.3, 0.4) is 0 Å². The molecule has 0 bridgehead atoms. The molecule has 11 heavy (non-hydrogen) atoms. The number of carbonyl (C=O) groups excluding carboxylic acids is 1. The third-order valence-corrected chi connectivity index (χ3v) is 1.48. The molecule has 0 heterocycles. The summed E-state index contributed by atoms with van der Waals surface area (Å²) in [5.41, 5.74) is 0.953. The monoisotopic (exact) mass is 220 g/mol. The van der Waals surface area contributed by atoms with E-state index < -0.39 is 0 Å². The molecule has 0 rings (SSSR count). The Balaban J connectivity index is 3.80. The number of hydrogen-bond donors (Lipinski definition) is 0. The minimum absolute atomic E-state index is 0.240. The summed E-state index contributed by atoms with van der Waals surface area (Å²) in [5, 5.41) is 0. The molecular formula is C8H13BrO2. The highest BCUT2D eigenvalue weighted by molar-refractivity contribution is 9.09. The topological polar surface area (TPSA) is 26.3 Å². The van der Waals surface area contributed by atoms with Gasteiger partial charge in [0, 0.05) is 5.57 Å². The maximum Gasteiger partial charge on any atom is 0.334 e. The molecule has 0 atom stereocenters. The smallest absolute Gasteiger partial charge is 0.334 e. The molecule has 0 saturated carbocycles. The molecule has 3 heteroatoms. The zero-order valence-electron chi connectivity index (χ0n) is 6.89. The van der Waals surface area contributed by atoms with E-state index in [1.165, 1.54) is 0 Å². The quantitative estimate of drug-likeness (QED) is 0.414. The van der Waals surface area contributed by atoms with Gasteiger partial charge in [0.15, 0.2) is 0 Å². The van der Waals surface area contributed by atoms with Crippen LogP contribution in [0.5, 0.6) is 0 Å². The Kier molecular flexibility index (Phi) is 6.22. The molecule has 0 aliphatic heterocycles. The molecule has 0 N–H and O–H groups in total. The van der Waals surface area contributed by atoms with Crippen molar-refractivity contribution in [3.8, 4) is 0 Å². The number of allylic oxidation sites excluding steroid dienone is 1. The molecule has 0 aliphatic rings. The van der Waals surface area contributed by atoms with Gasteiger partial charge in [-0.15, -0.1) is 0 Å². The predicted molar refractivity (Wildman–Crippen MR) is 48.6 cm³/mol. The van der Waals surface area contributed by atoms with Gasteiger partial charge in [0.2, 0.25) is 0 Å². The van der Waals surface area contributed by atoms with Crippen molar-refractivity contribution in [3.05, 3.63) is 11.6 Å². The summed E-state index contributed by atoms with van der Waals surface area (Å²) < 4.78 is 4.71. The van der Waals surface area contributed by atoms with E-state index in [9.17, 15) is 4.79 Å². The van der Waals surface area contributed by atoms with Crippen molar-refractivity contribution in [2.24, 2.45) is 0 Å². The van der Waals surface area contributed by atoms with Gasteiger partial charge in [-0.2, -0.15) is 0 Å². The number of ether oxygens (including phenoxy) is 1. The van der Waals surface area contributed by atoms with Crippen molar-refractivity contribution in [1.29, 1.82) is 0 Å². The van der Waals surface area contributed by atoms with E-state index in [0.717, 1.165) is 12.8 Å². The molecule has 0 unspecified atom stereocenters. The summed E-state index contributed by atoms with van der Waals surface area (Å²) >= 11 is 3.02. The number of carbonyl (C=O) groups is 1. The zero-order chi connectivity index (χ0) is 8.69. The van der Waals surface area contributed by atoms with Crippen LogP contribution in [0.4, 0.5) is 0 Å². The van der Waals surface area contributed by atoms with Crippen LogP contribution in [0.2, 0.25) is 0 Å². The molecule has 0 radical (unpaired) electrons. The maximum absolute atomic E-state index is 10.9. The summed E-state index contributed by atoms with van der Waals surface area (Å²) in [4.78, 5) is 10.9. The van der Waals surface area contributed by atoms with Gasteiger partial charge < -0.3 is 4.74 Å². The standard InChI is InChI=1S/C8H13BrO2/c1-3-4-5-7(2)8(10)11-6-9/h5H,3-4,6H2,1-2H3. The van der Waals surface area contributed by atoms with Crippen LogP contribution in [0.25, 0.3) is 0 Å². The number of esters is 1. The fourth-order valence-electron chi connectivity index (χ4n) is 0.608. The molecule has 0 fully saturated rings. The van der Waals surface area contributed by atoms with Gasteiger partial charge in [0.05, 0.1) is 0 Å². The van der Waals surface area contributed by atoms with Crippen molar-refractivity contribution in [1.82, 2.24) is 0 Å². The lowest BCUT2D eigenvalue weighted by Gasteiger charge is -1.99. The first kappa shape index (κ1) is 10.7. The molecule has 64 valence electrons. The van der Waals surface area contributed by atoms with Crippen LogP contribution in [0.1, 0.15) is 26.7 Å². The molecule has 0 aromatic rings. The van der Waals surface area contributed by atoms with Crippen molar-refractivity contribution in [3.63, 3.8) is 0 Å². The summed E-state index contributed by atoms with van der Waals surface area (Å²) in [7, 11) is 0. The van der Waals surface area contributed by atoms with Crippen LogP contribution in [0, 0.1) is 0 Å². The summed E-state index contributed by atoms with van der Waals surface area (Å²) in [6, 6.07) is 0. The first-order chi connectivity index (χ1) is 5.22. The number of halogens is 1. The van der Waals surface area contributed by atoms with Gasteiger partial charge in [-0.25, -0.2) is 4.79 Å². The number of unbranched alkanes of at least 4 members (excludes halogenated alkanes) is 1. The van der Waals surface area contributed by atoms with Crippen LogP contribution < -0.4 is 0 Å². The van der Waals surface area contributed by atoms with E-state index in [-0.39, 0.29) is 11.5 Å². The SMILES string of the molecule is CCCC=C(C)C(=O)OCBr. The largest absolute Gasteiger partial charge is 0.451 e. The van der Waals surface area contributed by atoms with Gasteiger partial charge >= 0.3 is 5.97 Å². The first-order valence-corrected chi connectivity index (χ1v) is 4.74. The van der Waals surface area contributed by atoms with Crippen LogP contribution in [0.15, 0.2) is 11.6 Å². The molecule has 0 spiro atoms. The lowest BCUT2D eigenvalue weighted by Crippen LogP contribution is -2.03. The van der Waals surface area contributed by atoms with E-state index in [2.05, 4.69) is 22.9 Å².